The first-order valence-electron chi connectivity index (χ1n) is 5.42. The van der Waals surface area contributed by atoms with Crippen molar-refractivity contribution in [2.24, 2.45) is 0 Å². The van der Waals surface area contributed by atoms with Gasteiger partial charge in [-0.1, -0.05) is 12.1 Å². The lowest BCUT2D eigenvalue weighted by atomic mass is 10.2. The van der Waals surface area contributed by atoms with Crippen molar-refractivity contribution in [1.82, 2.24) is 5.32 Å². The standard InChI is InChI=1S/C12H14F2N2O2/c13-12(14)7-16-6-10(17)8-18-11-4-2-1-3-9(11)5-15/h1-4,10,12,16-17H,6-8H2. The SMILES string of the molecule is N#Cc1ccccc1OCC(O)CNCC(F)F. The van der Waals surface area contributed by atoms with E-state index in [4.69, 9.17) is 10.00 Å². The normalized spacial score (nSPS) is 12.2. The molecule has 0 aromatic heterocycles. The molecule has 1 aromatic rings. The van der Waals surface area contributed by atoms with E-state index in [1.54, 1.807) is 24.3 Å². The molecule has 0 bridgehead atoms. The molecule has 2 N–H and O–H groups in total. The third kappa shape index (κ3) is 5.08. The van der Waals surface area contributed by atoms with Crippen LogP contribution < -0.4 is 10.1 Å². The number of benzene rings is 1. The zero-order chi connectivity index (χ0) is 13.4. The van der Waals surface area contributed by atoms with E-state index in [2.05, 4.69) is 5.32 Å². The molecule has 0 saturated heterocycles. The summed E-state index contributed by atoms with van der Waals surface area (Å²) in [6.07, 6.45) is -3.35. The highest BCUT2D eigenvalue weighted by atomic mass is 19.3. The number of ether oxygens (including phenoxy) is 1. The molecule has 0 spiro atoms. The smallest absolute Gasteiger partial charge is 0.250 e. The summed E-state index contributed by atoms with van der Waals surface area (Å²) in [4.78, 5) is 0. The van der Waals surface area contributed by atoms with Gasteiger partial charge in [-0.2, -0.15) is 5.26 Å². The van der Waals surface area contributed by atoms with Crippen molar-refractivity contribution < 1.29 is 18.6 Å². The Hall–Kier alpha value is -1.71. The van der Waals surface area contributed by atoms with E-state index in [0.29, 0.717) is 11.3 Å². The van der Waals surface area contributed by atoms with Gasteiger partial charge >= 0.3 is 0 Å². The third-order valence-corrected chi connectivity index (χ3v) is 2.12. The number of alkyl halides is 2. The number of nitrogens with one attached hydrogen (secondary N) is 1. The number of nitrogens with zero attached hydrogens (tertiary/aromatic N) is 1. The molecule has 1 unspecified atom stereocenters. The van der Waals surface area contributed by atoms with Gasteiger partial charge in [0.15, 0.2) is 0 Å². The summed E-state index contributed by atoms with van der Waals surface area (Å²) in [6, 6.07) is 8.57. The van der Waals surface area contributed by atoms with E-state index in [9.17, 15) is 13.9 Å². The maximum Gasteiger partial charge on any atom is 0.250 e. The molecule has 0 heterocycles. The number of aliphatic hydroxyl groups is 1. The van der Waals surface area contributed by atoms with Crippen molar-refractivity contribution in [3.63, 3.8) is 0 Å². The largest absolute Gasteiger partial charge is 0.489 e. The molecule has 0 aliphatic heterocycles. The Bertz CT molecular complexity index is 407. The Morgan fingerprint density at radius 1 is 1.33 bits per heavy atom. The number of halogens is 2. The second kappa shape index (κ2) is 7.58. The Labute approximate surface area is 104 Å². The van der Waals surface area contributed by atoms with Crippen molar-refractivity contribution in [3.05, 3.63) is 29.8 Å². The van der Waals surface area contributed by atoms with Crippen LogP contribution in [0.3, 0.4) is 0 Å². The van der Waals surface area contributed by atoms with Crippen molar-refractivity contribution in [2.45, 2.75) is 12.5 Å². The van der Waals surface area contributed by atoms with Crippen molar-refractivity contribution >= 4 is 0 Å². The summed E-state index contributed by atoms with van der Waals surface area (Å²) in [5, 5.41) is 20.7. The zero-order valence-corrected chi connectivity index (χ0v) is 9.64. The summed E-state index contributed by atoms with van der Waals surface area (Å²) >= 11 is 0. The van der Waals surface area contributed by atoms with Crippen LogP contribution in [0.1, 0.15) is 5.56 Å². The van der Waals surface area contributed by atoms with Gasteiger partial charge in [0, 0.05) is 6.54 Å². The highest BCUT2D eigenvalue weighted by Gasteiger charge is 2.09. The Morgan fingerprint density at radius 2 is 2.06 bits per heavy atom. The van der Waals surface area contributed by atoms with Crippen LogP contribution in [0.5, 0.6) is 5.75 Å². The lowest BCUT2D eigenvalue weighted by Gasteiger charge is -2.13. The summed E-state index contributed by atoms with van der Waals surface area (Å²) in [5.74, 6) is 0.368. The molecule has 98 valence electrons. The average molecular weight is 256 g/mol. The van der Waals surface area contributed by atoms with Crippen LogP contribution >= 0.6 is 0 Å². The van der Waals surface area contributed by atoms with Gasteiger partial charge in [-0.3, -0.25) is 0 Å². The Morgan fingerprint density at radius 3 is 2.72 bits per heavy atom. The van der Waals surface area contributed by atoms with Gasteiger partial charge in [-0.05, 0) is 12.1 Å². The number of hydrogen-bond donors (Lipinski definition) is 2. The van der Waals surface area contributed by atoms with E-state index < -0.39 is 19.1 Å². The predicted molar refractivity (Wildman–Crippen MR) is 61.5 cm³/mol. The maximum atomic E-state index is 11.8. The average Bonchev–Trinajstić information content (AvgIpc) is 2.36. The molecule has 1 atom stereocenters. The minimum absolute atomic E-state index is 0.0130. The molecule has 6 heteroatoms. The van der Waals surface area contributed by atoms with Crippen LogP contribution in [-0.4, -0.2) is 37.3 Å². The van der Waals surface area contributed by atoms with E-state index >= 15 is 0 Å². The number of hydrogen-bond acceptors (Lipinski definition) is 4. The third-order valence-electron chi connectivity index (χ3n) is 2.12. The first-order valence-corrected chi connectivity index (χ1v) is 5.42. The summed E-state index contributed by atoms with van der Waals surface area (Å²) in [6.45, 7) is -0.514. The zero-order valence-electron chi connectivity index (χ0n) is 9.64. The molecule has 0 fully saturated rings. The van der Waals surface area contributed by atoms with Gasteiger partial charge in [0.25, 0.3) is 6.43 Å². The second-order valence-electron chi connectivity index (χ2n) is 3.62. The minimum atomic E-state index is -2.45. The first-order chi connectivity index (χ1) is 8.63. The summed E-state index contributed by atoms with van der Waals surface area (Å²) in [5.41, 5.74) is 0.366. The molecule has 1 rings (SSSR count). The lowest BCUT2D eigenvalue weighted by Crippen LogP contribution is -2.34. The highest BCUT2D eigenvalue weighted by molar-refractivity contribution is 5.42. The van der Waals surface area contributed by atoms with Gasteiger partial charge in [0.1, 0.15) is 24.5 Å². The number of aliphatic hydroxyl groups excluding tert-OH is 1. The van der Waals surface area contributed by atoms with Crippen LogP contribution in [0.15, 0.2) is 24.3 Å². The number of rotatable bonds is 7. The maximum absolute atomic E-state index is 11.8. The van der Waals surface area contributed by atoms with Crippen LogP contribution in [0.2, 0.25) is 0 Å². The fraction of sp³-hybridized carbons (Fsp3) is 0.417. The molecule has 18 heavy (non-hydrogen) atoms. The number of para-hydroxylation sites is 1. The molecule has 0 saturated carbocycles. The molecule has 0 aliphatic carbocycles. The topological polar surface area (TPSA) is 65.3 Å². The predicted octanol–water partition coefficient (Wildman–Crippen LogP) is 1.15. The second-order valence-corrected chi connectivity index (χ2v) is 3.62. The molecule has 1 aromatic carbocycles. The van der Waals surface area contributed by atoms with Gasteiger partial charge in [0.05, 0.1) is 12.1 Å². The van der Waals surface area contributed by atoms with Crippen molar-refractivity contribution in [2.75, 3.05) is 19.7 Å². The van der Waals surface area contributed by atoms with E-state index in [1.807, 2.05) is 6.07 Å². The molecular formula is C12H14F2N2O2. The van der Waals surface area contributed by atoms with E-state index in [-0.39, 0.29) is 13.2 Å². The molecule has 0 radical (unpaired) electrons. The van der Waals surface area contributed by atoms with Crippen LogP contribution in [-0.2, 0) is 0 Å². The van der Waals surface area contributed by atoms with Crippen molar-refractivity contribution in [1.29, 1.82) is 5.26 Å². The molecule has 0 amide bonds. The van der Waals surface area contributed by atoms with E-state index in [0.717, 1.165) is 0 Å². The van der Waals surface area contributed by atoms with Gasteiger partial charge in [0.2, 0.25) is 0 Å². The van der Waals surface area contributed by atoms with Gasteiger partial charge in [-0.25, -0.2) is 8.78 Å². The summed E-state index contributed by atoms with van der Waals surface area (Å²) < 4.78 is 28.9. The minimum Gasteiger partial charge on any atom is -0.489 e. The van der Waals surface area contributed by atoms with Gasteiger partial charge in [-0.15, -0.1) is 0 Å². The quantitative estimate of drug-likeness (QED) is 0.768. The number of nitriles is 1. The summed E-state index contributed by atoms with van der Waals surface area (Å²) in [7, 11) is 0. The van der Waals surface area contributed by atoms with Crippen LogP contribution in [0.4, 0.5) is 8.78 Å². The molecule has 0 aliphatic rings. The molecule has 4 nitrogen and oxygen atoms in total. The van der Waals surface area contributed by atoms with Crippen LogP contribution in [0.25, 0.3) is 0 Å². The monoisotopic (exact) mass is 256 g/mol. The lowest BCUT2D eigenvalue weighted by molar-refractivity contribution is 0.0950. The first kappa shape index (κ1) is 14.4. The van der Waals surface area contributed by atoms with E-state index in [1.165, 1.54) is 0 Å². The Balaban J connectivity index is 2.34. The Kier molecular flexibility index (Phi) is 6.05. The van der Waals surface area contributed by atoms with Crippen LogP contribution in [0, 0.1) is 11.3 Å². The van der Waals surface area contributed by atoms with Crippen molar-refractivity contribution in [3.8, 4) is 11.8 Å². The highest BCUT2D eigenvalue weighted by Crippen LogP contribution is 2.16. The molecular weight excluding hydrogens is 242 g/mol. The fourth-order valence-electron chi connectivity index (χ4n) is 1.29. The fourth-order valence-corrected chi connectivity index (χ4v) is 1.29. The van der Waals surface area contributed by atoms with Gasteiger partial charge < -0.3 is 15.2 Å².